The van der Waals surface area contributed by atoms with Crippen molar-refractivity contribution < 1.29 is 26.7 Å². The highest BCUT2D eigenvalue weighted by Gasteiger charge is 2.49. The Morgan fingerprint density at radius 2 is 1.72 bits per heavy atom. The number of hydrogen-bond acceptors (Lipinski definition) is 5. The topological polar surface area (TPSA) is 59.6 Å². The summed E-state index contributed by atoms with van der Waals surface area (Å²) in [6.07, 6.45) is -0.685. The number of alkyl halides is 5. The number of hydrazine groups is 1. The van der Waals surface area contributed by atoms with Crippen LogP contribution < -0.4 is 16.1 Å². The summed E-state index contributed by atoms with van der Waals surface area (Å²) >= 11 is 0. The number of nitrogens with one attached hydrogen (secondary N) is 3. The molecule has 1 aliphatic carbocycles. The average molecular weight is 466 g/mol. The Morgan fingerprint density at radius 1 is 1.00 bits per heavy atom. The van der Waals surface area contributed by atoms with Crippen molar-refractivity contribution in [1.29, 1.82) is 0 Å². The van der Waals surface area contributed by atoms with Crippen LogP contribution in [0.25, 0.3) is 0 Å². The zero-order valence-corrected chi connectivity index (χ0v) is 18.0. The number of piperidine rings is 1. The molecule has 32 heavy (non-hydrogen) atoms. The van der Waals surface area contributed by atoms with E-state index in [1.54, 1.807) is 4.90 Å². The van der Waals surface area contributed by atoms with Gasteiger partial charge < -0.3 is 4.90 Å². The summed E-state index contributed by atoms with van der Waals surface area (Å²) in [7, 11) is 0. The van der Waals surface area contributed by atoms with Crippen molar-refractivity contribution >= 4 is 5.91 Å². The number of halogens is 5. The lowest BCUT2D eigenvalue weighted by Crippen LogP contribution is -2.73. The van der Waals surface area contributed by atoms with Gasteiger partial charge in [-0.15, -0.1) is 0 Å². The number of rotatable bonds is 4. The van der Waals surface area contributed by atoms with Crippen molar-refractivity contribution in [2.45, 2.75) is 75.5 Å². The molecule has 1 saturated carbocycles. The summed E-state index contributed by atoms with van der Waals surface area (Å²) < 4.78 is 65.7. The van der Waals surface area contributed by atoms with Crippen LogP contribution in [0.2, 0.25) is 0 Å². The van der Waals surface area contributed by atoms with Gasteiger partial charge in [-0.05, 0) is 56.4 Å². The van der Waals surface area contributed by atoms with Crippen LogP contribution in [0.15, 0.2) is 12.7 Å². The molecule has 0 spiro atoms. The molecule has 0 aromatic rings. The van der Waals surface area contributed by atoms with E-state index in [0.717, 1.165) is 11.4 Å². The molecule has 0 radical (unpaired) electrons. The molecule has 3 heterocycles. The lowest BCUT2D eigenvalue weighted by molar-refractivity contribution is -0.185. The van der Waals surface area contributed by atoms with Crippen LogP contribution in [-0.2, 0) is 4.79 Å². The van der Waals surface area contributed by atoms with E-state index in [1.165, 1.54) is 6.08 Å². The summed E-state index contributed by atoms with van der Waals surface area (Å²) in [6, 6.07) is -0.336. The molecule has 3 saturated heterocycles. The first-order valence-electron chi connectivity index (χ1n) is 11.5. The number of carbonyl (C=O) groups excluding carboxylic acids is 1. The van der Waals surface area contributed by atoms with Gasteiger partial charge in [0, 0.05) is 37.8 Å². The van der Waals surface area contributed by atoms with Crippen LogP contribution in [-0.4, -0.2) is 72.5 Å². The first kappa shape index (κ1) is 23.8. The molecule has 4 fully saturated rings. The molecule has 182 valence electrons. The van der Waals surface area contributed by atoms with Crippen molar-refractivity contribution in [2.75, 3.05) is 19.6 Å². The molecule has 0 bridgehead atoms. The van der Waals surface area contributed by atoms with Gasteiger partial charge >= 0.3 is 12.7 Å². The van der Waals surface area contributed by atoms with Gasteiger partial charge in [0.1, 0.15) is 0 Å². The van der Waals surface area contributed by atoms with E-state index < -0.39 is 18.6 Å². The molecule has 1 amide bonds. The molecule has 5 atom stereocenters. The Hall–Kier alpha value is -1.30. The van der Waals surface area contributed by atoms with E-state index in [1.807, 2.05) is 0 Å². The predicted molar refractivity (Wildman–Crippen MR) is 108 cm³/mol. The molecule has 6 nitrogen and oxygen atoms in total. The maximum atomic E-state index is 13.2. The van der Waals surface area contributed by atoms with Crippen molar-refractivity contribution in [3.05, 3.63) is 12.7 Å². The van der Waals surface area contributed by atoms with Crippen LogP contribution >= 0.6 is 0 Å². The number of hydrogen-bond donors (Lipinski definition) is 3. The Balaban J connectivity index is 1.48. The maximum absolute atomic E-state index is 13.2. The molecule has 4 rings (SSSR count). The molecule has 4 aliphatic rings. The maximum Gasteiger partial charge on any atom is 0.391 e. The fourth-order valence-electron chi connectivity index (χ4n) is 6.02. The second kappa shape index (κ2) is 9.52. The zero-order chi connectivity index (χ0) is 23.0. The summed E-state index contributed by atoms with van der Waals surface area (Å²) in [5.41, 5.74) is 2.94. The van der Waals surface area contributed by atoms with Gasteiger partial charge in [-0.2, -0.15) is 27.0 Å². The minimum Gasteiger partial charge on any atom is -0.338 e. The first-order valence-corrected chi connectivity index (χ1v) is 11.5. The van der Waals surface area contributed by atoms with Crippen molar-refractivity contribution in [2.24, 2.45) is 17.8 Å². The summed E-state index contributed by atoms with van der Waals surface area (Å²) in [4.78, 5) is 13.9. The monoisotopic (exact) mass is 465 g/mol. The van der Waals surface area contributed by atoms with E-state index >= 15 is 0 Å². The average Bonchev–Trinajstić information content (AvgIpc) is 3.27. The number of fused-ring (bicyclic) bond motifs is 1. The smallest absolute Gasteiger partial charge is 0.338 e. The van der Waals surface area contributed by atoms with Gasteiger partial charge in [0.05, 0.1) is 12.1 Å². The normalized spacial score (nSPS) is 39.2. The van der Waals surface area contributed by atoms with Crippen LogP contribution in [0.4, 0.5) is 22.0 Å². The molecule has 3 aliphatic heterocycles. The highest BCUT2D eigenvalue weighted by Crippen LogP contribution is 2.41. The van der Waals surface area contributed by atoms with Crippen molar-refractivity contribution in [3.8, 4) is 0 Å². The second-order valence-corrected chi connectivity index (χ2v) is 9.53. The van der Waals surface area contributed by atoms with E-state index in [9.17, 15) is 26.7 Å². The zero-order valence-electron chi connectivity index (χ0n) is 18.0. The molecular weight excluding hydrogens is 433 g/mol. The highest BCUT2D eigenvalue weighted by atomic mass is 19.4. The Kier molecular flexibility index (Phi) is 7.09. The van der Waals surface area contributed by atoms with Gasteiger partial charge in [-0.1, -0.05) is 6.58 Å². The van der Waals surface area contributed by atoms with Gasteiger partial charge in [-0.3, -0.25) is 15.4 Å². The molecule has 0 aromatic carbocycles. The number of nitrogens with zero attached hydrogens (tertiary/aromatic N) is 2. The fraction of sp³-hybridized carbons (Fsp3) is 0.857. The first-order chi connectivity index (χ1) is 15.2. The molecule has 3 N–H and O–H groups in total. The predicted octanol–water partition coefficient (Wildman–Crippen LogP) is 2.45. The minimum absolute atomic E-state index is 0.0233. The summed E-state index contributed by atoms with van der Waals surface area (Å²) in [5.74, 6) is -1.25. The lowest BCUT2D eigenvalue weighted by Gasteiger charge is -2.52. The van der Waals surface area contributed by atoms with Crippen molar-refractivity contribution in [3.63, 3.8) is 0 Å². The highest BCUT2D eigenvalue weighted by molar-refractivity contribution is 5.87. The van der Waals surface area contributed by atoms with E-state index in [-0.39, 0.29) is 61.4 Å². The second-order valence-electron chi connectivity index (χ2n) is 9.53. The van der Waals surface area contributed by atoms with Gasteiger partial charge in [0.2, 0.25) is 5.91 Å². The largest absolute Gasteiger partial charge is 0.391 e. The Labute approximate surface area is 184 Å². The lowest BCUT2D eigenvalue weighted by atomic mass is 9.75. The van der Waals surface area contributed by atoms with Crippen molar-refractivity contribution in [1.82, 2.24) is 26.0 Å². The summed E-state index contributed by atoms with van der Waals surface area (Å²) in [6.45, 7) is 2.26. The minimum atomic E-state index is -4.16. The summed E-state index contributed by atoms with van der Waals surface area (Å²) in [5, 5.41) is 8.10. The number of amides is 1. The molecule has 11 heteroatoms. The van der Waals surface area contributed by atoms with Gasteiger partial charge in [-0.25, -0.2) is 5.43 Å². The van der Waals surface area contributed by atoms with Crippen LogP contribution in [0.1, 0.15) is 38.5 Å². The fourth-order valence-corrected chi connectivity index (χ4v) is 6.02. The Bertz CT molecular complexity index is 684. The van der Waals surface area contributed by atoms with E-state index in [0.29, 0.717) is 32.4 Å². The van der Waals surface area contributed by atoms with Crippen LogP contribution in [0.3, 0.4) is 0 Å². The van der Waals surface area contributed by atoms with Gasteiger partial charge in [0.25, 0.3) is 0 Å². The van der Waals surface area contributed by atoms with E-state index in [2.05, 4.69) is 22.6 Å². The third kappa shape index (κ3) is 4.95. The molecule has 0 aromatic heterocycles. The number of carbonyl (C=O) groups is 1. The SMILES string of the molecule is C=CC(=O)N1CCC2C(C1)NC(C1CCC(C(F)(F)F)CC1)NC2C1CCN(C(F)F)N1. The third-order valence-corrected chi connectivity index (χ3v) is 7.77. The third-order valence-electron chi connectivity index (χ3n) is 7.77. The molecular formula is C21H32F5N5O. The standard InChI is InChI=1S/C21H32F5N5O/c1-2-17(32)30-9-7-14-16(11-30)27-19(12-3-5-13(6-4-12)21(24,25)26)28-18(14)15-8-10-31(29-15)20(22)23/h2,12-16,18-20,27-29H,1,3-11H2. The van der Waals surface area contributed by atoms with E-state index in [4.69, 9.17) is 0 Å². The van der Waals surface area contributed by atoms with Crippen LogP contribution in [0, 0.1) is 17.8 Å². The van der Waals surface area contributed by atoms with Crippen LogP contribution in [0.5, 0.6) is 0 Å². The Morgan fingerprint density at radius 3 is 2.31 bits per heavy atom. The quantitative estimate of drug-likeness (QED) is 0.338. The number of likely N-dealkylation sites (tertiary alicyclic amines) is 1. The molecule has 5 unspecified atom stereocenters. The van der Waals surface area contributed by atoms with Gasteiger partial charge in [0.15, 0.2) is 0 Å².